The van der Waals surface area contributed by atoms with Crippen LogP contribution >= 0.6 is 12.4 Å². The van der Waals surface area contributed by atoms with Crippen molar-refractivity contribution in [3.63, 3.8) is 0 Å². The van der Waals surface area contributed by atoms with E-state index < -0.39 is 0 Å². The van der Waals surface area contributed by atoms with Gasteiger partial charge in [0.1, 0.15) is 0 Å². The number of amides is 1. The van der Waals surface area contributed by atoms with E-state index >= 15 is 0 Å². The number of nitrogens with two attached hydrogens (primary N) is 1. The second-order valence-electron chi connectivity index (χ2n) is 4.50. The van der Waals surface area contributed by atoms with Gasteiger partial charge in [-0.25, -0.2) is 0 Å². The van der Waals surface area contributed by atoms with E-state index in [1.54, 1.807) is 0 Å². The first-order valence-electron chi connectivity index (χ1n) is 5.10. The summed E-state index contributed by atoms with van der Waals surface area (Å²) < 4.78 is 5.71. The molecule has 1 rings (SSSR count). The van der Waals surface area contributed by atoms with Crippen LogP contribution in [0.15, 0.2) is 0 Å². The van der Waals surface area contributed by atoms with Crippen LogP contribution in [-0.4, -0.2) is 42.1 Å². The Kier molecular flexibility index (Phi) is 5.56. The fourth-order valence-electron chi connectivity index (χ4n) is 1.93. The Balaban J connectivity index is 0.00000196. The molecule has 2 N–H and O–H groups in total. The number of morpholine rings is 1. The standard InChI is InChI=1S/C10H20N2O2.ClH/c1-8-6-12(9(13)4-5-11)7-10(2,3)14-8;/h8H,4-7,11H2,1-3H3;1H. The van der Waals surface area contributed by atoms with Crippen LogP contribution < -0.4 is 5.73 Å². The monoisotopic (exact) mass is 236 g/mol. The smallest absolute Gasteiger partial charge is 0.224 e. The van der Waals surface area contributed by atoms with Crippen molar-refractivity contribution in [2.45, 2.75) is 38.9 Å². The molecule has 1 atom stereocenters. The molecule has 0 aromatic heterocycles. The summed E-state index contributed by atoms with van der Waals surface area (Å²) in [4.78, 5) is 13.5. The molecule has 1 fully saturated rings. The molecule has 1 aliphatic heterocycles. The topological polar surface area (TPSA) is 55.6 Å². The highest BCUT2D eigenvalue weighted by atomic mass is 35.5. The lowest BCUT2D eigenvalue weighted by molar-refractivity contribution is -0.157. The average Bonchev–Trinajstić information content (AvgIpc) is 2.00. The van der Waals surface area contributed by atoms with Crippen molar-refractivity contribution in [1.29, 1.82) is 0 Å². The molecular formula is C10H21ClN2O2. The van der Waals surface area contributed by atoms with Gasteiger partial charge in [0.15, 0.2) is 0 Å². The molecule has 0 radical (unpaired) electrons. The largest absolute Gasteiger partial charge is 0.369 e. The fourth-order valence-corrected chi connectivity index (χ4v) is 1.93. The number of halogens is 1. The van der Waals surface area contributed by atoms with Crippen LogP contribution in [0.1, 0.15) is 27.2 Å². The molecule has 5 heteroatoms. The zero-order valence-electron chi connectivity index (χ0n) is 9.66. The molecule has 15 heavy (non-hydrogen) atoms. The first-order valence-corrected chi connectivity index (χ1v) is 5.10. The Labute approximate surface area is 97.5 Å². The van der Waals surface area contributed by atoms with Crippen LogP contribution in [0, 0.1) is 0 Å². The SMILES string of the molecule is CC1CN(C(=O)CCN)CC(C)(C)O1.Cl. The van der Waals surface area contributed by atoms with Gasteiger partial charge < -0.3 is 15.4 Å². The van der Waals surface area contributed by atoms with Crippen LogP contribution in [0.5, 0.6) is 0 Å². The Morgan fingerprint density at radius 1 is 1.60 bits per heavy atom. The van der Waals surface area contributed by atoms with Crippen molar-refractivity contribution in [3.05, 3.63) is 0 Å². The van der Waals surface area contributed by atoms with Crippen molar-refractivity contribution in [2.24, 2.45) is 5.73 Å². The van der Waals surface area contributed by atoms with Crippen molar-refractivity contribution in [2.75, 3.05) is 19.6 Å². The third-order valence-corrected chi connectivity index (χ3v) is 2.28. The highest BCUT2D eigenvalue weighted by Crippen LogP contribution is 2.20. The van der Waals surface area contributed by atoms with Crippen LogP contribution in [-0.2, 0) is 9.53 Å². The zero-order valence-corrected chi connectivity index (χ0v) is 10.5. The van der Waals surface area contributed by atoms with Gasteiger partial charge in [0.2, 0.25) is 5.91 Å². The van der Waals surface area contributed by atoms with Gasteiger partial charge in [-0.2, -0.15) is 0 Å². The third kappa shape index (κ3) is 4.36. The van der Waals surface area contributed by atoms with Crippen molar-refractivity contribution >= 4 is 18.3 Å². The van der Waals surface area contributed by atoms with Gasteiger partial charge in [-0.05, 0) is 20.8 Å². The summed E-state index contributed by atoms with van der Waals surface area (Å²) in [7, 11) is 0. The van der Waals surface area contributed by atoms with Crippen LogP contribution in [0.25, 0.3) is 0 Å². The molecule has 4 nitrogen and oxygen atoms in total. The normalized spacial score (nSPS) is 24.5. The number of carbonyl (C=O) groups is 1. The Morgan fingerprint density at radius 2 is 2.20 bits per heavy atom. The maximum atomic E-state index is 11.6. The lowest BCUT2D eigenvalue weighted by atomic mass is 10.1. The summed E-state index contributed by atoms with van der Waals surface area (Å²) in [6, 6.07) is 0. The first-order chi connectivity index (χ1) is 6.44. The maximum Gasteiger partial charge on any atom is 0.224 e. The molecule has 0 aromatic rings. The van der Waals surface area contributed by atoms with Gasteiger partial charge in [0.25, 0.3) is 0 Å². The zero-order chi connectivity index (χ0) is 10.8. The van der Waals surface area contributed by atoms with Gasteiger partial charge in [0.05, 0.1) is 11.7 Å². The van der Waals surface area contributed by atoms with E-state index in [2.05, 4.69) is 0 Å². The molecule has 0 bridgehead atoms. The van der Waals surface area contributed by atoms with E-state index in [9.17, 15) is 4.79 Å². The highest BCUT2D eigenvalue weighted by Gasteiger charge is 2.33. The van der Waals surface area contributed by atoms with Crippen molar-refractivity contribution < 1.29 is 9.53 Å². The maximum absolute atomic E-state index is 11.6. The molecule has 1 heterocycles. The minimum absolute atomic E-state index is 0. The van der Waals surface area contributed by atoms with Crippen LogP contribution in [0.3, 0.4) is 0 Å². The average molecular weight is 237 g/mol. The van der Waals surface area contributed by atoms with E-state index in [4.69, 9.17) is 10.5 Å². The van der Waals surface area contributed by atoms with Crippen molar-refractivity contribution in [3.8, 4) is 0 Å². The molecule has 1 saturated heterocycles. The van der Waals surface area contributed by atoms with Gasteiger partial charge in [-0.1, -0.05) is 0 Å². The predicted octanol–water partition coefficient (Wildman–Crippen LogP) is 0.783. The van der Waals surface area contributed by atoms with Gasteiger partial charge in [0, 0.05) is 26.1 Å². The first kappa shape index (κ1) is 14.7. The molecular weight excluding hydrogens is 216 g/mol. The molecule has 0 saturated carbocycles. The number of carbonyl (C=O) groups excluding carboxylic acids is 1. The number of nitrogens with zero attached hydrogens (tertiary/aromatic N) is 1. The van der Waals surface area contributed by atoms with Crippen LogP contribution in [0.4, 0.5) is 0 Å². The second kappa shape index (κ2) is 5.68. The summed E-state index contributed by atoms with van der Waals surface area (Å²) in [6.45, 7) is 7.77. The minimum atomic E-state index is -0.234. The number of rotatable bonds is 2. The molecule has 90 valence electrons. The number of hydrogen-bond donors (Lipinski definition) is 1. The Morgan fingerprint density at radius 3 is 2.67 bits per heavy atom. The van der Waals surface area contributed by atoms with E-state index in [-0.39, 0.29) is 30.0 Å². The summed E-state index contributed by atoms with van der Waals surface area (Å²) in [5.41, 5.74) is 5.13. The second-order valence-corrected chi connectivity index (χ2v) is 4.50. The number of ether oxygens (including phenoxy) is 1. The summed E-state index contributed by atoms with van der Waals surface area (Å²) >= 11 is 0. The predicted molar refractivity (Wildman–Crippen MR) is 62.1 cm³/mol. The van der Waals surface area contributed by atoms with E-state index in [1.165, 1.54) is 0 Å². The van der Waals surface area contributed by atoms with E-state index in [0.29, 0.717) is 26.1 Å². The summed E-state index contributed by atoms with van der Waals surface area (Å²) in [6.07, 6.45) is 0.545. The lowest BCUT2D eigenvalue weighted by Gasteiger charge is -2.41. The fraction of sp³-hybridized carbons (Fsp3) is 0.900. The highest BCUT2D eigenvalue weighted by molar-refractivity contribution is 5.85. The van der Waals surface area contributed by atoms with Crippen molar-refractivity contribution in [1.82, 2.24) is 4.90 Å². The molecule has 1 aliphatic rings. The molecule has 0 spiro atoms. The lowest BCUT2D eigenvalue weighted by Crippen LogP contribution is -2.54. The van der Waals surface area contributed by atoms with Gasteiger partial charge >= 0.3 is 0 Å². The van der Waals surface area contributed by atoms with Gasteiger partial charge in [-0.15, -0.1) is 12.4 Å². The number of hydrogen-bond acceptors (Lipinski definition) is 3. The molecule has 0 aromatic carbocycles. The Bertz CT molecular complexity index is 221. The minimum Gasteiger partial charge on any atom is -0.369 e. The summed E-state index contributed by atoms with van der Waals surface area (Å²) in [5, 5.41) is 0. The van der Waals surface area contributed by atoms with Gasteiger partial charge in [-0.3, -0.25) is 4.79 Å². The summed E-state index contributed by atoms with van der Waals surface area (Å²) in [5.74, 6) is 0.135. The molecule has 0 aliphatic carbocycles. The quantitative estimate of drug-likeness (QED) is 0.771. The van der Waals surface area contributed by atoms with E-state index in [1.807, 2.05) is 25.7 Å². The molecule has 1 unspecified atom stereocenters. The Hall–Kier alpha value is -0.320. The van der Waals surface area contributed by atoms with E-state index in [0.717, 1.165) is 0 Å². The molecule has 1 amide bonds. The van der Waals surface area contributed by atoms with Crippen LogP contribution in [0.2, 0.25) is 0 Å². The third-order valence-electron chi connectivity index (χ3n) is 2.28.